The van der Waals surface area contributed by atoms with E-state index < -0.39 is 36.4 Å². The molecule has 0 saturated heterocycles. The third-order valence-corrected chi connectivity index (χ3v) is 5.41. The average Bonchev–Trinajstić information content (AvgIpc) is 2.86. The lowest BCUT2D eigenvalue weighted by Crippen LogP contribution is -2.50. The predicted molar refractivity (Wildman–Crippen MR) is 122 cm³/mol. The molecule has 2 aromatic rings. The highest BCUT2D eigenvalue weighted by molar-refractivity contribution is 6.14. The normalized spacial score (nSPS) is 16.6. The van der Waals surface area contributed by atoms with Crippen LogP contribution in [0.1, 0.15) is 40.1 Å². The van der Waals surface area contributed by atoms with E-state index in [1.54, 1.807) is 44.2 Å². The lowest BCUT2D eigenvalue weighted by atomic mass is 9.98. The summed E-state index contributed by atoms with van der Waals surface area (Å²) in [6.07, 6.45) is 0. The van der Waals surface area contributed by atoms with Gasteiger partial charge in [-0.3, -0.25) is 4.79 Å². The summed E-state index contributed by atoms with van der Waals surface area (Å²) in [6.45, 7) is 3.84. The molecule has 0 fully saturated rings. The van der Waals surface area contributed by atoms with E-state index in [1.807, 2.05) is 0 Å². The number of carbonyl (C=O) groups is 4. The first kappa shape index (κ1) is 23.8. The minimum Gasteiger partial charge on any atom is -0.486 e. The molecule has 0 unspecified atom stereocenters. The Hall–Kier alpha value is -4.34. The van der Waals surface area contributed by atoms with Gasteiger partial charge in [0, 0.05) is 11.1 Å². The van der Waals surface area contributed by atoms with Crippen molar-refractivity contribution in [3.63, 3.8) is 0 Å². The smallest absolute Gasteiger partial charge is 0.339 e. The lowest BCUT2D eigenvalue weighted by molar-refractivity contribution is -0.139. The molecule has 10 heteroatoms. The Balaban J connectivity index is 1.56. The molecule has 2 amide bonds. The number of fused-ring (bicyclic) bond motifs is 1. The van der Waals surface area contributed by atoms with Gasteiger partial charge in [-0.25, -0.2) is 14.4 Å². The van der Waals surface area contributed by atoms with Crippen molar-refractivity contribution in [1.29, 1.82) is 0 Å². The highest BCUT2D eigenvalue weighted by Gasteiger charge is 2.31. The Kier molecular flexibility index (Phi) is 7.00. The molecule has 2 heterocycles. The molecular weight excluding hydrogens is 456 g/mol. The standard InChI is InChI=1S/C25H24N2O8/c1-3-32-24(30)21-14(2)26-25(31)27-18(21)13-35-23(29)17-7-5-4-6-16(17)22(28)15-8-9-19-20(12-15)34-11-10-33-19/h4-9,12,14H,3,10-11,13H2,1-2H3,(H2,26,27,31)/t14-/m0/s1. The molecule has 0 spiro atoms. The molecule has 2 N–H and O–H groups in total. The second-order valence-electron chi connectivity index (χ2n) is 7.74. The zero-order chi connectivity index (χ0) is 24.9. The Morgan fingerprint density at radius 1 is 0.971 bits per heavy atom. The molecule has 0 aromatic heterocycles. The maximum Gasteiger partial charge on any atom is 0.339 e. The van der Waals surface area contributed by atoms with E-state index in [2.05, 4.69) is 10.6 Å². The SMILES string of the molecule is CCOC(=O)C1=C(COC(=O)c2ccccc2C(=O)c2ccc3c(c2)OCCO3)NC(=O)N[C@H]1C. The van der Waals surface area contributed by atoms with E-state index in [9.17, 15) is 19.2 Å². The first-order valence-corrected chi connectivity index (χ1v) is 11.1. The summed E-state index contributed by atoms with van der Waals surface area (Å²) in [5.74, 6) is -0.819. The fraction of sp³-hybridized carbons (Fsp3) is 0.280. The summed E-state index contributed by atoms with van der Waals surface area (Å²) >= 11 is 0. The predicted octanol–water partition coefficient (Wildman–Crippen LogP) is 2.36. The van der Waals surface area contributed by atoms with Crippen molar-refractivity contribution >= 4 is 23.8 Å². The van der Waals surface area contributed by atoms with Gasteiger partial charge in [-0.05, 0) is 38.1 Å². The van der Waals surface area contributed by atoms with E-state index >= 15 is 0 Å². The third kappa shape index (κ3) is 5.11. The highest BCUT2D eigenvalue weighted by Crippen LogP contribution is 2.31. The van der Waals surface area contributed by atoms with Crippen molar-refractivity contribution < 1.29 is 38.1 Å². The monoisotopic (exact) mass is 480 g/mol. The number of carbonyl (C=O) groups excluding carboxylic acids is 4. The first-order chi connectivity index (χ1) is 16.9. The van der Waals surface area contributed by atoms with E-state index in [0.29, 0.717) is 30.3 Å². The molecule has 35 heavy (non-hydrogen) atoms. The molecular formula is C25H24N2O8. The van der Waals surface area contributed by atoms with Crippen molar-refractivity contribution in [3.05, 3.63) is 70.4 Å². The minimum atomic E-state index is -0.789. The van der Waals surface area contributed by atoms with Gasteiger partial charge in [-0.15, -0.1) is 0 Å². The van der Waals surface area contributed by atoms with E-state index in [1.165, 1.54) is 12.1 Å². The van der Waals surface area contributed by atoms with E-state index in [4.69, 9.17) is 18.9 Å². The van der Waals surface area contributed by atoms with Crippen molar-refractivity contribution in [2.24, 2.45) is 0 Å². The largest absolute Gasteiger partial charge is 0.486 e. The van der Waals surface area contributed by atoms with Gasteiger partial charge in [-0.2, -0.15) is 0 Å². The van der Waals surface area contributed by atoms with Crippen LogP contribution in [0.3, 0.4) is 0 Å². The zero-order valence-corrected chi connectivity index (χ0v) is 19.2. The van der Waals surface area contributed by atoms with Gasteiger partial charge in [0.2, 0.25) is 0 Å². The molecule has 2 aromatic carbocycles. The maximum atomic E-state index is 13.2. The number of urea groups is 1. The van der Waals surface area contributed by atoms with Gasteiger partial charge >= 0.3 is 18.0 Å². The molecule has 182 valence electrons. The maximum absolute atomic E-state index is 13.2. The molecule has 0 aliphatic carbocycles. The van der Waals surface area contributed by atoms with Crippen molar-refractivity contribution in [3.8, 4) is 11.5 Å². The van der Waals surface area contributed by atoms with Crippen LogP contribution in [0.2, 0.25) is 0 Å². The van der Waals surface area contributed by atoms with Crippen molar-refractivity contribution in [1.82, 2.24) is 10.6 Å². The zero-order valence-electron chi connectivity index (χ0n) is 19.2. The summed E-state index contributed by atoms with van der Waals surface area (Å²) in [4.78, 5) is 50.5. The Bertz CT molecular complexity index is 1220. The lowest BCUT2D eigenvalue weighted by Gasteiger charge is -2.26. The number of rotatable bonds is 7. The number of benzene rings is 2. The number of ketones is 1. The van der Waals surface area contributed by atoms with Crippen LogP contribution in [0.25, 0.3) is 0 Å². The first-order valence-electron chi connectivity index (χ1n) is 11.1. The summed E-state index contributed by atoms with van der Waals surface area (Å²) in [6, 6.07) is 9.87. The molecule has 0 radical (unpaired) electrons. The number of ether oxygens (including phenoxy) is 4. The van der Waals surface area contributed by atoms with Crippen molar-refractivity contribution in [2.45, 2.75) is 19.9 Å². The number of amides is 2. The van der Waals surface area contributed by atoms with Crippen LogP contribution in [0, 0.1) is 0 Å². The van der Waals surface area contributed by atoms with Gasteiger partial charge in [0.1, 0.15) is 19.8 Å². The molecule has 2 aliphatic heterocycles. The average molecular weight is 480 g/mol. The van der Waals surface area contributed by atoms with Crippen LogP contribution in [0.15, 0.2) is 53.7 Å². The van der Waals surface area contributed by atoms with Gasteiger partial charge in [-0.1, -0.05) is 18.2 Å². The molecule has 4 rings (SSSR count). The summed E-state index contributed by atoms with van der Waals surface area (Å²) in [5.41, 5.74) is 0.764. The summed E-state index contributed by atoms with van der Waals surface area (Å²) < 4.78 is 21.5. The molecule has 0 bridgehead atoms. The Labute approximate surface area is 201 Å². The molecule has 1 atom stereocenters. The van der Waals surface area contributed by atoms with Crippen LogP contribution in [-0.2, 0) is 14.3 Å². The fourth-order valence-corrected chi connectivity index (χ4v) is 3.81. The fourth-order valence-electron chi connectivity index (χ4n) is 3.81. The quantitative estimate of drug-likeness (QED) is 0.457. The van der Waals surface area contributed by atoms with Crippen LogP contribution >= 0.6 is 0 Å². The van der Waals surface area contributed by atoms with Crippen molar-refractivity contribution in [2.75, 3.05) is 26.4 Å². The Morgan fingerprint density at radius 2 is 1.69 bits per heavy atom. The van der Waals surface area contributed by atoms with Crippen LogP contribution in [0.5, 0.6) is 11.5 Å². The van der Waals surface area contributed by atoms with E-state index in [-0.39, 0.29) is 29.0 Å². The Morgan fingerprint density at radius 3 is 2.43 bits per heavy atom. The van der Waals surface area contributed by atoms with Crippen LogP contribution in [0.4, 0.5) is 4.79 Å². The van der Waals surface area contributed by atoms with Gasteiger partial charge in [0.05, 0.1) is 29.5 Å². The molecule has 0 saturated carbocycles. The second kappa shape index (κ2) is 10.3. The highest BCUT2D eigenvalue weighted by atomic mass is 16.6. The molecule has 2 aliphatic rings. The summed E-state index contributed by atoms with van der Waals surface area (Å²) in [5, 5.41) is 5.06. The van der Waals surface area contributed by atoms with Crippen LogP contribution in [-0.4, -0.2) is 56.2 Å². The van der Waals surface area contributed by atoms with E-state index in [0.717, 1.165) is 0 Å². The number of hydrogen-bond acceptors (Lipinski definition) is 8. The van der Waals surface area contributed by atoms with Gasteiger partial charge in [0.25, 0.3) is 0 Å². The van der Waals surface area contributed by atoms with Crippen LogP contribution < -0.4 is 20.1 Å². The minimum absolute atomic E-state index is 0.0407. The third-order valence-electron chi connectivity index (χ3n) is 5.41. The topological polar surface area (TPSA) is 129 Å². The van der Waals surface area contributed by atoms with Gasteiger partial charge < -0.3 is 29.6 Å². The second-order valence-corrected chi connectivity index (χ2v) is 7.74. The summed E-state index contributed by atoms with van der Waals surface area (Å²) in [7, 11) is 0. The van der Waals surface area contributed by atoms with Gasteiger partial charge in [0.15, 0.2) is 17.3 Å². The number of hydrogen-bond donors (Lipinski definition) is 2. The molecule has 10 nitrogen and oxygen atoms in total. The number of nitrogens with one attached hydrogen (secondary N) is 2. The number of esters is 2.